The summed E-state index contributed by atoms with van der Waals surface area (Å²) in [6.45, 7) is 2.82. The smallest absolute Gasteiger partial charge is 0.323 e. The second-order valence-electron chi connectivity index (χ2n) is 3.29. The molecule has 1 heterocycles. The zero-order valence-electron chi connectivity index (χ0n) is 9.44. The Bertz CT molecular complexity index is 571. The van der Waals surface area contributed by atoms with E-state index < -0.39 is 26.9 Å². The molecule has 0 saturated carbocycles. The number of ether oxygens (including phenoxy) is 1. The van der Waals surface area contributed by atoms with Gasteiger partial charge in [0.1, 0.15) is 6.04 Å². The monoisotopic (exact) mass is 280 g/mol. The van der Waals surface area contributed by atoms with Gasteiger partial charge >= 0.3 is 10.8 Å². The summed E-state index contributed by atoms with van der Waals surface area (Å²) in [4.78, 5) is 24.0. The Balaban J connectivity index is 3.01. The van der Waals surface area contributed by atoms with Gasteiger partial charge in [0.25, 0.3) is 10.0 Å². The SMILES string of the molecule is COC(=O)[C@H](C)NS(=O)(=O)c1sc(=O)[nH]c1C. The van der Waals surface area contributed by atoms with E-state index in [-0.39, 0.29) is 9.90 Å². The fourth-order valence-corrected chi connectivity index (χ4v) is 3.67. The summed E-state index contributed by atoms with van der Waals surface area (Å²) in [6.07, 6.45) is 0. The topological polar surface area (TPSA) is 105 Å². The third kappa shape index (κ3) is 3.14. The molecule has 1 rings (SSSR count). The Morgan fingerprint density at radius 1 is 1.53 bits per heavy atom. The third-order valence-corrected chi connectivity index (χ3v) is 5.06. The van der Waals surface area contributed by atoms with Crippen molar-refractivity contribution >= 4 is 27.3 Å². The molecule has 0 aromatic carbocycles. The van der Waals surface area contributed by atoms with Gasteiger partial charge in [0.05, 0.1) is 7.11 Å². The third-order valence-electron chi connectivity index (χ3n) is 1.91. The van der Waals surface area contributed by atoms with Crippen LogP contribution in [0.1, 0.15) is 12.6 Å². The van der Waals surface area contributed by atoms with Crippen LogP contribution in [0.3, 0.4) is 0 Å². The summed E-state index contributed by atoms with van der Waals surface area (Å²) >= 11 is 0.569. The molecule has 0 aliphatic heterocycles. The van der Waals surface area contributed by atoms with Gasteiger partial charge in [-0.1, -0.05) is 11.3 Å². The van der Waals surface area contributed by atoms with Crippen molar-refractivity contribution in [3.8, 4) is 0 Å². The van der Waals surface area contributed by atoms with Gasteiger partial charge in [0.2, 0.25) is 0 Å². The van der Waals surface area contributed by atoms with E-state index in [1.54, 1.807) is 0 Å². The predicted molar refractivity (Wildman–Crippen MR) is 61.5 cm³/mol. The van der Waals surface area contributed by atoms with E-state index in [0.29, 0.717) is 11.3 Å². The number of aromatic nitrogens is 1. The lowest BCUT2D eigenvalue weighted by atomic mass is 10.4. The second-order valence-corrected chi connectivity index (χ2v) is 6.19. The van der Waals surface area contributed by atoms with E-state index in [2.05, 4.69) is 14.4 Å². The van der Waals surface area contributed by atoms with Crippen molar-refractivity contribution in [3.05, 3.63) is 15.4 Å². The Hall–Kier alpha value is -1.19. The summed E-state index contributed by atoms with van der Waals surface area (Å²) in [6, 6.07) is -1.01. The number of carbonyl (C=O) groups excluding carboxylic acids is 1. The lowest BCUT2D eigenvalue weighted by Crippen LogP contribution is -2.39. The standard InChI is InChI=1S/C8H12N2O5S2/c1-4(6(11)15-3)10-17(13,14)7-5(2)9-8(12)16-7/h4,10H,1-3H3,(H,9,12)/t4-/m0/s1. The number of hydrogen-bond donors (Lipinski definition) is 2. The van der Waals surface area contributed by atoms with Gasteiger partial charge in [-0.15, -0.1) is 0 Å². The largest absolute Gasteiger partial charge is 0.468 e. The minimum absolute atomic E-state index is 0.127. The molecular formula is C8H12N2O5S2. The second kappa shape index (κ2) is 4.98. The first-order valence-electron chi connectivity index (χ1n) is 4.58. The molecular weight excluding hydrogens is 268 g/mol. The summed E-state index contributed by atoms with van der Waals surface area (Å²) < 4.78 is 30.1. The quantitative estimate of drug-likeness (QED) is 0.729. The first-order valence-corrected chi connectivity index (χ1v) is 6.87. The van der Waals surface area contributed by atoms with Crippen LogP contribution in [0.25, 0.3) is 0 Å². The van der Waals surface area contributed by atoms with Gasteiger partial charge < -0.3 is 9.72 Å². The summed E-state index contributed by atoms with van der Waals surface area (Å²) in [5, 5.41) is 0. The van der Waals surface area contributed by atoms with Crippen molar-refractivity contribution in [3.63, 3.8) is 0 Å². The highest BCUT2D eigenvalue weighted by atomic mass is 32.2. The van der Waals surface area contributed by atoms with Gasteiger partial charge in [-0.05, 0) is 13.8 Å². The maximum atomic E-state index is 11.8. The van der Waals surface area contributed by atoms with E-state index >= 15 is 0 Å². The highest BCUT2D eigenvalue weighted by molar-refractivity contribution is 7.91. The highest BCUT2D eigenvalue weighted by Crippen LogP contribution is 2.15. The van der Waals surface area contributed by atoms with Crippen LogP contribution < -0.4 is 9.60 Å². The molecule has 0 amide bonds. The van der Waals surface area contributed by atoms with Crippen molar-refractivity contribution in [2.45, 2.75) is 24.1 Å². The normalized spacial score (nSPS) is 13.4. The van der Waals surface area contributed by atoms with Crippen molar-refractivity contribution in [2.75, 3.05) is 7.11 Å². The van der Waals surface area contributed by atoms with E-state index in [0.717, 1.165) is 7.11 Å². The molecule has 96 valence electrons. The van der Waals surface area contributed by atoms with Crippen molar-refractivity contribution in [1.29, 1.82) is 0 Å². The molecule has 0 aliphatic rings. The fourth-order valence-electron chi connectivity index (χ4n) is 1.16. The molecule has 0 saturated heterocycles. The molecule has 2 N–H and O–H groups in total. The number of H-pyrrole nitrogens is 1. The number of nitrogens with one attached hydrogen (secondary N) is 2. The average molecular weight is 280 g/mol. The maximum Gasteiger partial charge on any atom is 0.323 e. The Labute approximate surface area is 102 Å². The minimum Gasteiger partial charge on any atom is -0.468 e. The Morgan fingerprint density at radius 2 is 2.12 bits per heavy atom. The molecule has 1 atom stereocenters. The number of methoxy groups -OCH3 is 1. The van der Waals surface area contributed by atoms with Crippen LogP contribution in [0.5, 0.6) is 0 Å². The molecule has 1 aromatic rings. The van der Waals surface area contributed by atoms with Crippen LogP contribution in [-0.2, 0) is 19.6 Å². The lowest BCUT2D eigenvalue weighted by Gasteiger charge is -2.10. The molecule has 17 heavy (non-hydrogen) atoms. The van der Waals surface area contributed by atoms with Crippen LogP contribution in [0.15, 0.2) is 9.00 Å². The number of sulfonamides is 1. The maximum absolute atomic E-state index is 11.8. The molecule has 0 bridgehead atoms. The van der Waals surface area contributed by atoms with Gasteiger partial charge in [0, 0.05) is 5.69 Å². The first kappa shape index (κ1) is 13.9. The molecule has 1 aromatic heterocycles. The van der Waals surface area contributed by atoms with Crippen LogP contribution in [0, 0.1) is 6.92 Å². The van der Waals surface area contributed by atoms with Crippen LogP contribution >= 0.6 is 11.3 Å². The zero-order valence-corrected chi connectivity index (χ0v) is 11.1. The van der Waals surface area contributed by atoms with Gasteiger partial charge in [-0.2, -0.15) is 4.72 Å². The number of thiazole rings is 1. The Kier molecular flexibility index (Phi) is 4.07. The lowest BCUT2D eigenvalue weighted by molar-refractivity contribution is -0.142. The average Bonchev–Trinajstić information content (AvgIpc) is 2.56. The molecule has 9 heteroatoms. The van der Waals surface area contributed by atoms with Crippen LogP contribution in [-0.4, -0.2) is 32.5 Å². The molecule has 0 unspecified atom stereocenters. The molecule has 0 radical (unpaired) electrons. The molecule has 7 nitrogen and oxygen atoms in total. The van der Waals surface area contributed by atoms with Crippen molar-refractivity contribution < 1.29 is 17.9 Å². The molecule has 0 aliphatic carbocycles. The van der Waals surface area contributed by atoms with Crippen molar-refractivity contribution in [2.24, 2.45) is 0 Å². The van der Waals surface area contributed by atoms with E-state index in [9.17, 15) is 18.0 Å². The summed E-state index contributed by atoms with van der Waals surface area (Å²) in [7, 11) is -2.73. The molecule has 0 spiro atoms. The predicted octanol–water partition coefficient (Wildman–Crippen LogP) is -0.415. The summed E-state index contributed by atoms with van der Waals surface area (Å²) in [5.74, 6) is -0.700. The van der Waals surface area contributed by atoms with Crippen LogP contribution in [0.2, 0.25) is 0 Å². The number of hydrogen-bond acceptors (Lipinski definition) is 6. The van der Waals surface area contributed by atoms with Gasteiger partial charge in [-0.25, -0.2) is 8.42 Å². The zero-order chi connectivity index (χ0) is 13.2. The van der Waals surface area contributed by atoms with E-state index in [1.165, 1.54) is 13.8 Å². The summed E-state index contributed by atoms with van der Waals surface area (Å²) in [5.41, 5.74) is 0.240. The fraction of sp³-hybridized carbons (Fsp3) is 0.500. The van der Waals surface area contributed by atoms with Gasteiger partial charge in [-0.3, -0.25) is 9.59 Å². The van der Waals surface area contributed by atoms with Gasteiger partial charge in [0.15, 0.2) is 4.21 Å². The Morgan fingerprint density at radius 3 is 2.53 bits per heavy atom. The number of aromatic amines is 1. The van der Waals surface area contributed by atoms with E-state index in [4.69, 9.17) is 0 Å². The highest BCUT2D eigenvalue weighted by Gasteiger charge is 2.25. The minimum atomic E-state index is -3.89. The van der Waals surface area contributed by atoms with Crippen molar-refractivity contribution in [1.82, 2.24) is 9.71 Å². The number of carbonyl (C=O) groups is 1. The molecule has 0 fully saturated rings. The number of rotatable bonds is 4. The van der Waals surface area contributed by atoms with Crippen LogP contribution in [0.4, 0.5) is 0 Å². The number of esters is 1. The van der Waals surface area contributed by atoms with E-state index in [1.807, 2.05) is 0 Å². The first-order chi connectivity index (χ1) is 7.77. The number of aryl methyl sites for hydroxylation is 1.